The Labute approximate surface area is 165 Å². The number of benzene rings is 2. The van der Waals surface area contributed by atoms with Crippen molar-refractivity contribution in [1.29, 1.82) is 0 Å². The van der Waals surface area contributed by atoms with Gasteiger partial charge in [-0.2, -0.15) is 0 Å². The first-order chi connectivity index (χ1) is 12.9. The lowest BCUT2D eigenvalue weighted by molar-refractivity contribution is -0.384. The third-order valence-electron chi connectivity index (χ3n) is 3.89. The van der Waals surface area contributed by atoms with Crippen LogP contribution in [-0.4, -0.2) is 15.7 Å². The Morgan fingerprint density at radius 1 is 1.07 bits per heavy atom. The molecule has 138 valence electrons. The smallest absolute Gasteiger partial charge is 0.270 e. The molecule has 1 aromatic heterocycles. The lowest BCUT2D eigenvalue weighted by atomic mass is 10.1. The number of nitro groups is 1. The molecule has 0 aliphatic carbocycles. The monoisotopic (exact) mass is 404 g/mol. The van der Waals surface area contributed by atoms with Crippen LogP contribution in [0.3, 0.4) is 0 Å². The average molecular weight is 405 g/mol. The van der Waals surface area contributed by atoms with Crippen LogP contribution in [0.4, 0.5) is 5.69 Å². The zero-order chi connectivity index (χ0) is 19.4. The number of hydrogen-bond acceptors (Lipinski definition) is 4. The Balaban J connectivity index is 1.93. The summed E-state index contributed by atoms with van der Waals surface area (Å²) in [5.74, 6) is 0.147. The molecule has 0 saturated heterocycles. The fraction of sp³-hybridized carbons (Fsp3) is 0.105. The molecule has 3 rings (SSSR count). The number of nitro benzene ring substituents is 1. The van der Waals surface area contributed by atoms with Crippen molar-refractivity contribution >= 4 is 34.8 Å². The Kier molecular flexibility index (Phi) is 5.78. The van der Waals surface area contributed by atoms with Crippen molar-refractivity contribution in [1.82, 2.24) is 4.90 Å². The summed E-state index contributed by atoms with van der Waals surface area (Å²) in [6, 6.07) is 14.3. The van der Waals surface area contributed by atoms with Crippen LogP contribution >= 0.6 is 23.2 Å². The normalized spacial score (nSPS) is 10.6. The number of non-ortho nitro benzene ring substituents is 1. The number of rotatable bonds is 6. The van der Waals surface area contributed by atoms with Gasteiger partial charge in [-0.25, -0.2) is 0 Å². The minimum Gasteiger partial charge on any atom is -0.467 e. The molecule has 8 heteroatoms. The zero-order valence-corrected chi connectivity index (χ0v) is 15.5. The summed E-state index contributed by atoms with van der Waals surface area (Å²) in [6.45, 7) is 0.448. The number of furan rings is 1. The van der Waals surface area contributed by atoms with E-state index in [4.69, 9.17) is 27.6 Å². The van der Waals surface area contributed by atoms with Gasteiger partial charge in [0.25, 0.3) is 11.6 Å². The second-order valence-corrected chi connectivity index (χ2v) is 6.63. The minimum absolute atomic E-state index is 0.0615. The highest BCUT2D eigenvalue weighted by molar-refractivity contribution is 6.34. The molecule has 0 aliphatic heterocycles. The average Bonchev–Trinajstić information content (AvgIpc) is 3.16. The predicted molar refractivity (Wildman–Crippen MR) is 102 cm³/mol. The van der Waals surface area contributed by atoms with Crippen LogP contribution in [0.25, 0.3) is 0 Å². The molecule has 6 nitrogen and oxygen atoms in total. The first kappa shape index (κ1) is 18.9. The first-order valence-corrected chi connectivity index (χ1v) is 8.69. The van der Waals surface area contributed by atoms with Crippen LogP contribution in [0, 0.1) is 10.1 Å². The van der Waals surface area contributed by atoms with Crippen molar-refractivity contribution < 1.29 is 14.1 Å². The second kappa shape index (κ2) is 8.24. The summed E-state index contributed by atoms with van der Waals surface area (Å²) in [5, 5.41) is 11.8. The third kappa shape index (κ3) is 4.67. The molecule has 0 spiro atoms. The second-order valence-electron chi connectivity index (χ2n) is 5.79. The SMILES string of the molecule is O=C(c1cc([N+](=O)[O-])ccc1Cl)N(Cc1ccc(Cl)cc1)Cc1ccco1. The third-order valence-corrected chi connectivity index (χ3v) is 4.47. The van der Waals surface area contributed by atoms with Crippen molar-refractivity contribution in [3.05, 3.63) is 97.9 Å². The maximum atomic E-state index is 13.1. The summed E-state index contributed by atoms with van der Waals surface area (Å²) in [4.78, 5) is 25.1. The van der Waals surface area contributed by atoms with E-state index in [1.807, 2.05) is 0 Å². The first-order valence-electron chi connectivity index (χ1n) is 7.94. The van der Waals surface area contributed by atoms with E-state index in [1.165, 1.54) is 29.4 Å². The Morgan fingerprint density at radius 3 is 2.44 bits per heavy atom. The zero-order valence-electron chi connectivity index (χ0n) is 14.0. The Morgan fingerprint density at radius 2 is 1.81 bits per heavy atom. The van der Waals surface area contributed by atoms with E-state index in [2.05, 4.69) is 0 Å². The van der Waals surface area contributed by atoms with Crippen molar-refractivity contribution in [3.8, 4) is 0 Å². The highest BCUT2D eigenvalue weighted by atomic mass is 35.5. The van der Waals surface area contributed by atoms with Crippen molar-refractivity contribution in [2.45, 2.75) is 13.1 Å². The van der Waals surface area contributed by atoms with Crippen LogP contribution in [0.15, 0.2) is 65.3 Å². The highest BCUT2D eigenvalue weighted by Crippen LogP contribution is 2.25. The van der Waals surface area contributed by atoms with E-state index >= 15 is 0 Å². The van der Waals surface area contributed by atoms with Gasteiger partial charge in [-0.15, -0.1) is 0 Å². The van der Waals surface area contributed by atoms with Gasteiger partial charge in [0.1, 0.15) is 5.76 Å². The van der Waals surface area contributed by atoms with Crippen molar-refractivity contribution in [2.75, 3.05) is 0 Å². The largest absolute Gasteiger partial charge is 0.467 e. The topological polar surface area (TPSA) is 76.6 Å². The van der Waals surface area contributed by atoms with Crippen LogP contribution in [0.2, 0.25) is 10.0 Å². The number of carbonyl (C=O) groups excluding carboxylic acids is 1. The number of halogens is 2. The lowest BCUT2D eigenvalue weighted by Crippen LogP contribution is -2.30. The van der Waals surface area contributed by atoms with Gasteiger partial charge in [0.15, 0.2) is 0 Å². The van der Waals surface area contributed by atoms with Crippen LogP contribution in [-0.2, 0) is 13.1 Å². The van der Waals surface area contributed by atoms with E-state index < -0.39 is 10.8 Å². The molecule has 0 radical (unpaired) electrons. The van der Waals surface area contributed by atoms with Gasteiger partial charge in [0.2, 0.25) is 0 Å². The summed E-state index contributed by atoms with van der Waals surface area (Å²) < 4.78 is 5.34. The molecule has 0 N–H and O–H groups in total. The van der Waals surface area contributed by atoms with Crippen molar-refractivity contribution in [2.24, 2.45) is 0 Å². The Hall–Kier alpha value is -2.83. The standard InChI is InChI=1S/C19H14Cl2N2O4/c20-14-5-3-13(4-6-14)11-22(12-16-2-1-9-27-16)19(24)17-10-15(23(25)26)7-8-18(17)21/h1-10H,11-12H2. The van der Waals surface area contributed by atoms with Gasteiger partial charge in [-0.1, -0.05) is 35.3 Å². The number of carbonyl (C=O) groups is 1. The molecular formula is C19H14Cl2N2O4. The van der Waals surface area contributed by atoms with Crippen LogP contribution in [0.5, 0.6) is 0 Å². The van der Waals surface area contributed by atoms with E-state index in [1.54, 1.807) is 36.4 Å². The fourth-order valence-corrected chi connectivity index (χ4v) is 2.89. The summed E-state index contributed by atoms with van der Waals surface area (Å²) in [5.41, 5.74) is 0.708. The van der Waals surface area contributed by atoms with Gasteiger partial charge < -0.3 is 9.32 Å². The molecule has 0 saturated carbocycles. The molecule has 0 atom stereocenters. The summed E-state index contributed by atoms with van der Waals surface area (Å²) in [6.07, 6.45) is 1.51. The predicted octanol–water partition coefficient (Wildman–Crippen LogP) is 5.34. The number of nitrogens with zero attached hydrogens (tertiary/aromatic N) is 2. The molecule has 1 amide bonds. The van der Waals surface area contributed by atoms with Gasteiger partial charge in [0, 0.05) is 23.7 Å². The van der Waals surface area contributed by atoms with E-state index in [9.17, 15) is 14.9 Å². The molecule has 1 heterocycles. The van der Waals surface area contributed by atoms with E-state index in [0.717, 1.165) is 5.56 Å². The van der Waals surface area contributed by atoms with Crippen molar-refractivity contribution in [3.63, 3.8) is 0 Å². The maximum Gasteiger partial charge on any atom is 0.270 e. The molecule has 0 fully saturated rings. The fourth-order valence-electron chi connectivity index (χ4n) is 2.56. The van der Waals surface area contributed by atoms with Gasteiger partial charge >= 0.3 is 0 Å². The summed E-state index contributed by atoms with van der Waals surface area (Å²) >= 11 is 12.0. The molecule has 0 bridgehead atoms. The Bertz CT molecular complexity index is 956. The van der Waals surface area contributed by atoms with Gasteiger partial charge in [-0.3, -0.25) is 14.9 Å². The molecule has 0 aliphatic rings. The number of hydrogen-bond donors (Lipinski definition) is 0. The highest BCUT2D eigenvalue weighted by Gasteiger charge is 2.22. The molecule has 2 aromatic carbocycles. The van der Waals surface area contributed by atoms with Crippen LogP contribution < -0.4 is 0 Å². The molecular weight excluding hydrogens is 391 g/mol. The van der Waals surface area contributed by atoms with E-state index in [0.29, 0.717) is 10.8 Å². The minimum atomic E-state index is -0.566. The molecule has 3 aromatic rings. The van der Waals surface area contributed by atoms with E-state index in [-0.39, 0.29) is 29.4 Å². The molecule has 27 heavy (non-hydrogen) atoms. The quantitative estimate of drug-likeness (QED) is 0.410. The van der Waals surface area contributed by atoms with Gasteiger partial charge in [-0.05, 0) is 35.9 Å². The summed E-state index contributed by atoms with van der Waals surface area (Å²) in [7, 11) is 0. The number of amides is 1. The lowest BCUT2D eigenvalue weighted by Gasteiger charge is -2.22. The maximum absolute atomic E-state index is 13.1. The van der Waals surface area contributed by atoms with Gasteiger partial charge in [0.05, 0.1) is 28.3 Å². The van der Waals surface area contributed by atoms with Crippen LogP contribution in [0.1, 0.15) is 21.7 Å². The molecule has 0 unspecified atom stereocenters.